The van der Waals surface area contributed by atoms with Crippen LogP contribution in [-0.2, 0) is 2.66 Å². The molecule has 0 amide bonds. The molecule has 2 rings (SSSR count). The topological polar surface area (TPSA) is 12.9 Å². The number of aromatic nitrogens is 1. The summed E-state index contributed by atoms with van der Waals surface area (Å²) in [5.74, 6) is 0. The van der Waals surface area contributed by atoms with Crippen molar-refractivity contribution in [3.8, 4) is 0 Å². The van der Waals surface area contributed by atoms with Gasteiger partial charge in [0.2, 0.25) is 0 Å². The molecule has 0 radical (unpaired) electrons. The molecule has 0 spiro atoms. The Kier molecular flexibility index (Phi) is 2.00. The first-order valence-electron chi connectivity index (χ1n) is 3.83. The van der Waals surface area contributed by atoms with Gasteiger partial charge in [-0.25, -0.2) is 0 Å². The molecule has 0 aromatic carbocycles. The Bertz CT molecular complexity index is 288. The average molecular weight is 178 g/mol. The molecule has 1 aliphatic carbocycles. The quantitative estimate of drug-likeness (QED) is 0.473. The van der Waals surface area contributed by atoms with Gasteiger partial charge in [0.05, 0.1) is 0 Å². The summed E-state index contributed by atoms with van der Waals surface area (Å²) < 4.78 is 0.478. The number of halogens is 1. The van der Waals surface area contributed by atoms with Crippen molar-refractivity contribution in [2.24, 2.45) is 0 Å². The van der Waals surface area contributed by atoms with E-state index in [9.17, 15) is 0 Å². The molecule has 0 saturated heterocycles. The summed E-state index contributed by atoms with van der Waals surface area (Å²) in [6.07, 6.45) is 4.37. The Morgan fingerprint density at radius 1 is 1.64 bits per heavy atom. The van der Waals surface area contributed by atoms with Gasteiger partial charge in [-0.3, -0.25) is 0 Å². The van der Waals surface area contributed by atoms with Crippen molar-refractivity contribution in [2.45, 2.75) is 15.5 Å². The molecule has 0 atom stereocenters. The van der Waals surface area contributed by atoms with Gasteiger partial charge in [0.25, 0.3) is 0 Å². The van der Waals surface area contributed by atoms with E-state index in [0.29, 0.717) is 7.82 Å². The summed E-state index contributed by atoms with van der Waals surface area (Å²) in [6, 6.07) is 4.08. The fourth-order valence-corrected chi connectivity index (χ4v) is 2.45. The van der Waals surface area contributed by atoms with E-state index in [-0.39, 0.29) is 1.43 Å². The van der Waals surface area contributed by atoms with Gasteiger partial charge in [-0.1, -0.05) is 0 Å². The molecule has 1 nitrogen and oxygen atoms in total. The second-order valence-electron chi connectivity index (χ2n) is 3.40. The molecule has 1 aliphatic rings. The van der Waals surface area contributed by atoms with E-state index in [1.807, 2.05) is 6.07 Å². The Labute approximate surface area is 90.1 Å². The van der Waals surface area contributed by atoms with Gasteiger partial charge in [0, 0.05) is 1.43 Å². The predicted molar refractivity (Wildman–Crippen MR) is 48.0 cm³/mol. The number of pyridine rings is 1. The maximum absolute atomic E-state index is 5.96. The van der Waals surface area contributed by atoms with Gasteiger partial charge in [-0.15, -0.1) is 0 Å². The zero-order valence-corrected chi connectivity index (χ0v) is 9.23. The third-order valence-corrected chi connectivity index (χ3v) is 4.25. The van der Waals surface area contributed by atoms with Crippen LogP contribution < -0.4 is 0 Å². The standard InChI is InChI=1S/C8H7ClN.Na.H2/c9-8-7(6-3-4-6)2-1-5-10-8;;/h1-2,5H,3-4H2;;1H. The maximum atomic E-state index is 5.96. The van der Waals surface area contributed by atoms with Crippen molar-refractivity contribution in [2.75, 3.05) is 0 Å². The fraction of sp³-hybridized carbons (Fsp3) is 0.375. The summed E-state index contributed by atoms with van der Waals surface area (Å²) >= 11 is 7.16. The van der Waals surface area contributed by atoms with Gasteiger partial charge in [0.1, 0.15) is 0 Å². The van der Waals surface area contributed by atoms with Gasteiger partial charge < -0.3 is 0 Å². The predicted octanol–water partition coefficient (Wildman–Crippen LogP) is 2.14. The van der Waals surface area contributed by atoms with Crippen LogP contribution in [-0.4, -0.2) is 32.9 Å². The van der Waals surface area contributed by atoms with Crippen LogP contribution in [0.15, 0.2) is 18.3 Å². The second kappa shape index (κ2) is 2.74. The summed E-state index contributed by atoms with van der Waals surface area (Å²) in [5.41, 5.74) is 1.27. The van der Waals surface area contributed by atoms with Crippen molar-refractivity contribution in [3.63, 3.8) is 0 Å². The number of hydrogen-bond donors (Lipinski definition) is 0. The zero-order valence-electron chi connectivity index (χ0n) is 6.47. The fourth-order valence-electron chi connectivity index (χ4n) is 1.29. The van der Waals surface area contributed by atoms with Gasteiger partial charge >= 0.3 is 89.1 Å². The van der Waals surface area contributed by atoms with Crippen LogP contribution in [0.2, 0.25) is 5.15 Å². The summed E-state index contributed by atoms with van der Waals surface area (Å²) in [7, 11) is 0. The number of nitrogens with zero attached hydrogens (tertiary/aromatic N) is 1. The first-order valence-corrected chi connectivity index (χ1v) is 5.21. The molecule has 1 aromatic rings. The molecule has 0 bridgehead atoms. The molecule has 1 fully saturated rings. The summed E-state index contributed by atoms with van der Waals surface area (Å²) in [6.45, 7) is 0. The Hall–Kier alpha value is 0.440. The first-order chi connectivity index (χ1) is 5.22. The molecule has 1 heterocycles. The van der Waals surface area contributed by atoms with Crippen LogP contribution in [0.3, 0.4) is 0 Å². The molecule has 1 saturated carbocycles. The molecular weight excluding hydrogens is 169 g/mol. The third kappa shape index (κ3) is 1.48. The normalized spacial score (nSPS) is 19.9. The van der Waals surface area contributed by atoms with E-state index in [1.165, 1.54) is 46.3 Å². The van der Waals surface area contributed by atoms with Crippen LogP contribution in [0, 0.1) is 0 Å². The van der Waals surface area contributed by atoms with E-state index >= 15 is 0 Å². The molecular formula is C8H9ClNNa. The van der Waals surface area contributed by atoms with Crippen LogP contribution in [0.1, 0.15) is 19.8 Å². The Morgan fingerprint density at radius 3 is 2.91 bits per heavy atom. The van der Waals surface area contributed by atoms with Gasteiger partial charge in [0.15, 0.2) is 0 Å². The molecule has 0 aliphatic heterocycles. The van der Waals surface area contributed by atoms with E-state index in [4.69, 9.17) is 11.6 Å². The number of rotatable bonds is 1. The minimum atomic E-state index is 0. The van der Waals surface area contributed by atoms with E-state index < -0.39 is 0 Å². The molecule has 1 aromatic heterocycles. The zero-order chi connectivity index (χ0) is 7.90. The van der Waals surface area contributed by atoms with Crippen molar-refractivity contribution in [3.05, 3.63) is 29.0 Å². The summed E-state index contributed by atoms with van der Waals surface area (Å²) in [5, 5.41) is 0.708. The molecule has 0 N–H and O–H groups in total. The van der Waals surface area contributed by atoms with Crippen LogP contribution in [0.4, 0.5) is 0 Å². The molecule has 54 valence electrons. The third-order valence-electron chi connectivity index (χ3n) is 2.41. The van der Waals surface area contributed by atoms with Crippen LogP contribution >= 0.6 is 11.6 Å². The van der Waals surface area contributed by atoms with Gasteiger partial charge in [-0.2, -0.15) is 0 Å². The van der Waals surface area contributed by atoms with Crippen molar-refractivity contribution in [1.29, 1.82) is 0 Å². The average Bonchev–Trinajstić information content (AvgIpc) is 2.70. The molecule has 3 heteroatoms. The van der Waals surface area contributed by atoms with Gasteiger partial charge in [-0.05, 0) is 0 Å². The van der Waals surface area contributed by atoms with Crippen molar-refractivity contribution >= 4 is 39.5 Å². The second-order valence-corrected chi connectivity index (χ2v) is 5.67. The SMILES string of the molecule is [HH].[Na][C]1(c2cccnc2Cl)CC1. The molecule has 11 heavy (non-hydrogen) atoms. The van der Waals surface area contributed by atoms with Crippen LogP contribution in [0.5, 0.6) is 0 Å². The number of hydrogen-bond acceptors (Lipinski definition) is 1. The molecule has 0 unspecified atom stereocenters. The van der Waals surface area contributed by atoms with E-state index in [0.717, 1.165) is 0 Å². The monoisotopic (exact) mass is 177 g/mol. The van der Waals surface area contributed by atoms with Crippen LogP contribution in [0.25, 0.3) is 0 Å². The minimum absolute atomic E-state index is 0. The Balaban J connectivity index is 0.000000720. The van der Waals surface area contributed by atoms with E-state index in [1.54, 1.807) is 6.20 Å². The van der Waals surface area contributed by atoms with Crippen molar-refractivity contribution in [1.82, 2.24) is 4.98 Å². The van der Waals surface area contributed by atoms with E-state index in [2.05, 4.69) is 11.1 Å². The summed E-state index contributed by atoms with van der Waals surface area (Å²) in [4.78, 5) is 4.07. The van der Waals surface area contributed by atoms with Crippen molar-refractivity contribution < 1.29 is 1.43 Å². The first kappa shape index (κ1) is 8.06. The Morgan fingerprint density at radius 2 is 2.36 bits per heavy atom.